The van der Waals surface area contributed by atoms with Crippen LogP contribution in [0.15, 0.2) is 24.3 Å². The van der Waals surface area contributed by atoms with Gasteiger partial charge < -0.3 is 10.1 Å². The summed E-state index contributed by atoms with van der Waals surface area (Å²) < 4.78 is 26.8. The summed E-state index contributed by atoms with van der Waals surface area (Å²) in [5, 5.41) is 8.08. The minimum absolute atomic E-state index is 0.0129. The molecule has 0 saturated carbocycles. The molecule has 0 amide bonds. The Kier molecular flexibility index (Phi) is 6.11. The summed E-state index contributed by atoms with van der Waals surface area (Å²) in [6, 6.07) is 7.81. The fourth-order valence-corrected chi connectivity index (χ4v) is 2.09. The largest absolute Gasteiger partial charge is 0.494 e. The minimum Gasteiger partial charge on any atom is -0.494 e. The van der Waals surface area contributed by atoms with E-state index in [1.54, 1.807) is 0 Å². The number of nitrogens with two attached hydrogens (primary N) is 1. The molecule has 102 valence electrons. The maximum absolute atomic E-state index is 10.7. The molecular weight excluding hydrogens is 252 g/mol. The van der Waals surface area contributed by atoms with Crippen molar-refractivity contribution in [1.82, 2.24) is 5.32 Å². The summed E-state index contributed by atoms with van der Waals surface area (Å²) in [6.45, 7) is 3.89. The van der Waals surface area contributed by atoms with Crippen molar-refractivity contribution in [2.75, 3.05) is 18.9 Å². The Hall–Kier alpha value is -1.11. The zero-order valence-electron chi connectivity index (χ0n) is 10.6. The van der Waals surface area contributed by atoms with Crippen LogP contribution in [-0.4, -0.2) is 27.3 Å². The van der Waals surface area contributed by atoms with Crippen molar-refractivity contribution in [1.29, 1.82) is 0 Å². The van der Waals surface area contributed by atoms with Crippen molar-refractivity contribution in [3.05, 3.63) is 29.8 Å². The highest BCUT2D eigenvalue weighted by molar-refractivity contribution is 7.89. The number of nitrogens with one attached hydrogen (secondary N) is 1. The lowest BCUT2D eigenvalue weighted by Gasteiger charge is -2.07. The predicted octanol–water partition coefficient (Wildman–Crippen LogP) is 0.854. The standard InChI is InChI=1S/C12H20N2O3S/c1-2-17-12-6-3-5-11(9-12)10-14-7-4-8-18(13,15)16/h3,5-6,9,14H,2,4,7-8,10H2,1H3,(H2,13,15,16). The molecule has 0 spiro atoms. The minimum atomic E-state index is -3.34. The number of hydrogen-bond acceptors (Lipinski definition) is 4. The molecule has 18 heavy (non-hydrogen) atoms. The molecule has 0 unspecified atom stereocenters. The van der Waals surface area contributed by atoms with E-state index < -0.39 is 10.0 Å². The molecule has 0 radical (unpaired) electrons. The second-order valence-electron chi connectivity index (χ2n) is 3.98. The van der Waals surface area contributed by atoms with Crippen molar-refractivity contribution in [3.8, 4) is 5.75 Å². The van der Waals surface area contributed by atoms with Gasteiger partial charge in [-0.15, -0.1) is 0 Å². The highest BCUT2D eigenvalue weighted by Gasteiger charge is 2.01. The van der Waals surface area contributed by atoms with E-state index in [1.165, 1.54) is 0 Å². The smallest absolute Gasteiger partial charge is 0.209 e. The summed E-state index contributed by atoms with van der Waals surface area (Å²) >= 11 is 0. The number of sulfonamides is 1. The Morgan fingerprint density at radius 3 is 2.83 bits per heavy atom. The molecule has 0 aliphatic rings. The maximum atomic E-state index is 10.7. The first kappa shape index (κ1) is 14.9. The Morgan fingerprint density at radius 2 is 2.17 bits per heavy atom. The molecule has 0 bridgehead atoms. The molecule has 1 aromatic rings. The van der Waals surface area contributed by atoms with Gasteiger partial charge in [0, 0.05) is 6.54 Å². The van der Waals surface area contributed by atoms with Crippen LogP contribution in [0.25, 0.3) is 0 Å². The molecule has 1 aromatic carbocycles. The number of primary sulfonamides is 1. The third-order valence-electron chi connectivity index (χ3n) is 2.32. The zero-order valence-corrected chi connectivity index (χ0v) is 11.4. The molecule has 0 fully saturated rings. The number of rotatable bonds is 8. The molecule has 0 heterocycles. The van der Waals surface area contributed by atoms with Gasteiger partial charge in [0.25, 0.3) is 0 Å². The van der Waals surface area contributed by atoms with E-state index in [0.717, 1.165) is 11.3 Å². The normalized spacial score (nSPS) is 11.4. The topological polar surface area (TPSA) is 81.4 Å². The summed E-state index contributed by atoms with van der Waals surface area (Å²) in [5.74, 6) is 0.861. The molecule has 0 aliphatic heterocycles. The highest BCUT2D eigenvalue weighted by Crippen LogP contribution is 2.12. The molecule has 0 aliphatic carbocycles. The van der Waals surface area contributed by atoms with Gasteiger partial charge in [-0.05, 0) is 37.6 Å². The Bertz CT molecular complexity index is 460. The lowest BCUT2D eigenvalue weighted by atomic mass is 10.2. The zero-order chi connectivity index (χ0) is 13.4. The second kappa shape index (κ2) is 7.35. The lowest BCUT2D eigenvalue weighted by molar-refractivity contribution is 0.340. The SMILES string of the molecule is CCOc1cccc(CNCCCS(N)(=O)=O)c1. The van der Waals surface area contributed by atoms with E-state index in [-0.39, 0.29) is 5.75 Å². The fraction of sp³-hybridized carbons (Fsp3) is 0.500. The number of ether oxygens (including phenoxy) is 1. The van der Waals surface area contributed by atoms with Crippen LogP contribution >= 0.6 is 0 Å². The van der Waals surface area contributed by atoms with E-state index >= 15 is 0 Å². The van der Waals surface area contributed by atoms with Gasteiger partial charge in [0.15, 0.2) is 0 Å². The first-order valence-electron chi connectivity index (χ1n) is 5.94. The molecule has 3 N–H and O–H groups in total. The average Bonchev–Trinajstić information content (AvgIpc) is 2.28. The average molecular weight is 272 g/mol. The molecule has 5 nitrogen and oxygen atoms in total. The Labute approximate surface area is 108 Å². The van der Waals surface area contributed by atoms with Crippen molar-refractivity contribution in [3.63, 3.8) is 0 Å². The van der Waals surface area contributed by atoms with Crippen LogP contribution in [0.4, 0.5) is 0 Å². The Morgan fingerprint density at radius 1 is 1.39 bits per heavy atom. The van der Waals surface area contributed by atoms with E-state index in [2.05, 4.69) is 5.32 Å². The first-order chi connectivity index (χ1) is 8.51. The summed E-state index contributed by atoms with van der Waals surface area (Å²) in [4.78, 5) is 0. The molecule has 1 rings (SSSR count). The van der Waals surface area contributed by atoms with Crippen LogP contribution in [0.3, 0.4) is 0 Å². The lowest BCUT2D eigenvalue weighted by Crippen LogP contribution is -2.22. The van der Waals surface area contributed by atoms with Gasteiger partial charge in [0.1, 0.15) is 5.75 Å². The van der Waals surface area contributed by atoms with Crippen LogP contribution in [0, 0.1) is 0 Å². The van der Waals surface area contributed by atoms with E-state index in [0.29, 0.717) is 26.1 Å². The fourth-order valence-electron chi connectivity index (χ4n) is 1.54. The summed E-state index contributed by atoms with van der Waals surface area (Å²) in [6.07, 6.45) is 0.518. The maximum Gasteiger partial charge on any atom is 0.209 e. The summed E-state index contributed by atoms with van der Waals surface area (Å²) in [7, 11) is -3.34. The third-order valence-corrected chi connectivity index (χ3v) is 3.18. The van der Waals surface area contributed by atoms with E-state index in [4.69, 9.17) is 9.88 Å². The van der Waals surface area contributed by atoms with Crippen LogP contribution in [-0.2, 0) is 16.6 Å². The summed E-state index contributed by atoms with van der Waals surface area (Å²) in [5.41, 5.74) is 1.11. The van der Waals surface area contributed by atoms with Crippen LogP contribution in [0.5, 0.6) is 5.75 Å². The molecule has 0 saturated heterocycles. The molecule has 0 aromatic heterocycles. The molecular formula is C12H20N2O3S. The predicted molar refractivity (Wildman–Crippen MR) is 71.9 cm³/mol. The van der Waals surface area contributed by atoms with E-state index in [1.807, 2.05) is 31.2 Å². The quantitative estimate of drug-likeness (QED) is 0.688. The van der Waals surface area contributed by atoms with Gasteiger partial charge in [-0.1, -0.05) is 12.1 Å². The van der Waals surface area contributed by atoms with Gasteiger partial charge >= 0.3 is 0 Å². The van der Waals surface area contributed by atoms with E-state index in [9.17, 15) is 8.42 Å². The van der Waals surface area contributed by atoms with Crippen molar-refractivity contribution in [2.24, 2.45) is 5.14 Å². The van der Waals surface area contributed by atoms with Crippen molar-refractivity contribution < 1.29 is 13.2 Å². The van der Waals surface area contributed by atoms with Gasteiger partial charge in [0.05, 0.1) is 12.4 Å². The Balaban J connectivity index is 2.28. The van der Waals surface area contributed by atoms with Crippen LogP contribution in [0.2, 0.25) is 0 Å². The van der Waals surface area contributed by atoms with Crippen LogP contribution < -0.4 is 15.2 Å². The van der Waals surface area contributed by atoms with Gasteiger partial charge in [0.2, 0.25) is 10.0 Å². The second-order valence-corrected chi connectivity index (χ2v) is 5.71. The molecule has 6 heteroatoms. The highest BCUT2D eigenvalue weighted by atomic mass is 32.2. The van der Waals surface area contributed by atoms with Crippen molar-refractivity contribution in [2.45, 2.75) is 19.9 Å². The van der Waals surface area contributed by atoms with Crippen LogP contribution in [0.1, 0.15) is 18.9 Å². The monoisotopic (exact) mass is 272 g/mol. The third kappa shape index (κ3) is 6.58. The van der Waals surface area contributed by atoms with Gasteiger partial charge in [-0.25, -0.2) is 13.6 Å². The number of hydrogen-bond donors (Lipinski definition) is 2. The number of benzene rings is 1. The first-order valence-corrected chi connectivity index (χ1v) is 7.66. The van der Waals surface area contributed by atoms with Gasteiger partial charge in [-0.2, -0.15) is 0 Å². The van der Waals surface area contributed by atoms with Gasteiger partial charge in [-0.3, -0.25) is 0 Å². The molecule has 0 atom stereocenters. The van der Waals surface area contributed by atoms with Crippen molar-refractivity contribution >= 4 is 10.0 Å².